The molecule has 0 heterocycles. The summed E-state index contributed by atoms with van der Waals surface area (Å²) in [5, 5.41) is 0. The Balaban J connectivity index is 2.55. The van der Waals surface area contributed by atoms with Crippen LogP contribution in [0, 0.1) is 0 Å². The highest BCUT2D eigenvalue weighted by Crippen LogP contribution is 2.29. The Kier molecular flexibility index (Phi) is 4.10. The fraction of sp³-hybridized carbons (Fsp3) is 0.417. The van der Waals surface area contributed by atoms with E-state index in [-0.39, 0.29) is 5.78 Å². The maximum absolute atomic E-state index is 12.2. The average Bonchev–Trinajstić information content (AvgIpc) is 2.16. The molecular weight excluding hydrogens is 217 g/mol. The molecule has 0 saturated heterocycles. The van der Waals surface area contributed by atoms with Gasteiger partial charge in [-0.05, 0) is 37.5 Å². The molecule has 0 aliphatic heterocycles. The van der Waals surface area contributed by atoms with Crippen molar-refractivity contribution in [2.24, 2.45) is 0 Å². The number of rotatable bonds is 4. The summed E-state index contributed by atoms with van der Waals surface area (Å²) in [6, 6.07) is 5.07. The smallest absolute Gasteiger partial charge is 0.300 e. The van der Waals surface area contributed by atoms with E-state index in [1.54, 1.807) is 0 Å². The molecule has 0 N–H and O–H groups in total. The van der Waals surface area contributed by atoms with Crippen molar-refractivity contribution in [2.45, 2.75) is 32.4 Å². The number of hydrogen-bond donors (Lipinski definition) is 0. The highest BCUT2D eigenvalue weighted by molar-refractivity contribution is 5.75. The minimum absolute atomic E-state index is 0.104. The molecule has 1 rings (SSSR count). The van der Waals surface area contributed by atoms with Gasteiger partial charge in [0.05, 0.1) is 5.56 Å². The molecule has 4 heteroatoms. The summed E-state index contributed by atoms with van der Waals surface area (Å²) in [6.07, 6.45) is -2.49. The van der Waals surface area contributed by atoms with Gasteiger partial charge in [-0.1, -0.05) is 12.1 Å². The van der Waals surface area contributed by atoms with Gasteiger partial charge in [-0.15, -0.1) is 0 Å². The molecular formula is C12H13F3O. The second-order valence-electron chi connectivity index (χ2n) is 3.75. The number of Topliss-reactive ketones (excluding diaryl/α,β-unsaturated/α-hetero) is 1. The minimum Gasteiger partial charge on any atom is -0.300 e. The standard InChI is InChI=1S/C12H13F3O/c1-9(16)3-2-4-10-5-7-11(8-6-10)12(13,14)15/h5-8H,2-4H2,1H3. The van der Waals surface area contributed by atoms with E-state index in [0.29, 0.717) is 19.3 Å². The topological polar surface area (TPSA) is 17.1 Å². The lowest BCUT2D eigenvalue weighted by Crippen LogP contribution is -2.04. The normalized spacial score (nSPS) is 11.5. The van der Waals surface area contributed by atoms with E-state index in [4.69, 9.17) is 0 Å². The first-order chi connectivity index (χ1) is 7.39. The zero-order valence-corrected chi connectivity index (χ0v) is 8.97. The molecule has 1 aromatic carbocycles. The lowest BCUT2D eigenvalue weighted by molar-refractivity contribution is -0.137. The summed E-state index contributed by atoms with van der Waals surface area (Å²) in [4.78, 5) is 10.7. The number of carbonyl (C=O) groups is 1. The molecule has 0 spiro atoms. The van der Waals surface area contributed by atoms with Gasteiger partial charge in [-0.25, -0.2) is 0 Å². The number of benzene rings is 1. The predicted octanol–water partition coefficient (Wildman–Crippen LogP) is 3.62. The fourth-order valence-electron chi connectivity index (χ4n) is 1.40. The van der Waals surface area contributed by atoms with Gasteiger partial charge in [0.25, 0.3) is 0 Å². The number of ketones is 1. The van der Waals surface area contributed by atoms with Gasteiger partial charge in [0.15, 0.2) is 0 Å². The van der Waals surface area contributed by atoms with E-state index in [1.165, 1.54) is 19.1 Å². The van der Waals surface area contributed by atoms with Crippen LogP contribution in [-0.2, 0) is 17.4 Å². The SMILES string of the molecule is CC(=O)CCCc1ccc(C(F)(F)F)cc1. The Labute approximate surface area is 92.3 Å². The highest BCUT2D eigenvalue weighted by atomic mass is 19.4. The van der Waals surface area contributed by atoms with Gasteiger partial charge in [-0.2, -0.15) is 13.2 Å². The maximum atomic E-state index is 12.2. The largest absolute Gasteiger partial charge is 0.416 e. The molecule has 1 nitrogen and oxygen atoms in total. The summed E-state index contributed by atoms with van der Waals surface area (Å²) in [7, 11) is 0. The second-order valence-corrected chi connectivity index (χ2v) is 3.75. The molecule has 88 valence electrons. The Morgan fingerprint density at radius 3 is 2.19 bits per heavy atom. The zero-order chi connectivity index (χ0) is 12.2. The summed E-state index contributed by atoms with van der Waals surface area (Å²) < 4.78 is 36.7. The summed E-state index contributed by atoms with van der Waals surface area (Å²) in [6.45, 7) is 1.51. The Morgan fingerprint density at radius 2 is 1.75 bits per heavy atom. The molecule has 0 bridgehead atoms. The quantitative estimate of drug-likeness (QED) is 0.772. The number of hydrogen-bond acceptors (Lipinski definition) is 1. The van der Waals surface area contributed by atoms with Crippen LogP contribution in [0.2, 0.25) is 0 Å². The first-order valence-electron chi connectivity index (χ1n) is 5.05. The van der Waals surface area contributed by atoms with Crippen molar-refractivity contribution in [1.82, 2.24) is 0 Å². The van der Waals surface area contributed by atoms with Gasteiger partial charge < -0.3 is 4.79 Å². The van der Waals surface area contributed by atoms with E-state index < -0.39 is 11.7 Å². The predicted molar refractivity (Wildman–Crippen MR) is 55.1 cm³/mol. The molecule has 0 fully saturated rings. The van der Waals surface area contributed by atoms with Crippen LogP contribution in [0.15, 0.2) is 24.3 Å². The van der Waals surface area contributed by atoms with Gasteiger partial charge in [0.1, 0.15) is 5.78 Å². The fourth-order valence-corrected chi connectivity index (χ4v) is 1.40. The molecule has 0 unspecified atom stereocenters. The van der Waals surface area contributed by atoms with Crippen LogP contribution in [-0.4, -0.2) is 5.78 Å². The summed E-state index contributed by atoms with van der Waals surface area (Å²) in [5.41, 5.74) is 0.192. The zero-order valence-electron chi connectivity index (χ0n) is 8.97. The van der Waals surface area contributed by atoms with E-state index >= 15 is 0 Å². The van der Waals surface area contributed by atoms with Crippen molar-refractivity contribution >= 4 is 5.78 Å². The van der Waals surface area contributed by atoms with Crippen molar-refractivity contribution in [3.05, 3.63) is 35.4 Å². The lowest BCUT2D eigenvalue weighted by atomic mass is 10.1. The Bertz CT molecular complexity index is 352. The minimum atomic E-state index is -4.28. The average molecular weight is 230 g/mol. The third-order valence-corrected chi connectivity index (χ3v) is 2.28. The first-order valence-corrected chi connectivity index (χ1v) is 5.05. The first kappa shape index (κ1) is 12.7. The molecule has 0 atom stereocenters. The number of aryl methyl sites for hydroxylation is 1. The molecule has 0 aliphatic carbocycles. The molecule has 0 amide bonds. The van der Waals surface area contributed by atoms with Gasteiger partial charge >= 0.3 is 6.18 Å². The van der Waals surface area contributed by atoms with Gasteiger partial charge in [-0.3, -0.25) is 0 Å². The van der Waals surface area contributed by atoms with E-state index in [2.05, 4.69) is 0 Å². The van der Waals surface area contributed by atoms with Crippen LogP contribution < -0.4 is 0 Å². The lowest BCUT2D eigenvalue weighted by Gasteiger charge is -2.07. The van der Waals surface area contributed by atoms with E-state index in [0.717, 1.165) is 17.7 Å². The Hall–Kier alpha value is -1.32. The molecule has 0 aromatic heterocycles. The number of carbonyl (C=O) groups excluding carboxylic acids is 1. The van der Waals surface area contributed by atoms with E-state index in [1.807, 2.05) is 0 Å². The van der Waals surface area contributed by atoms with Gasteiger partial charge in [0, 0.05) is 6.42 Å². The van der Waals surface area contributed by atoms with Crippen LogP contribution in [0.4, 0.5) is 13.2 Å². The molecule has 0 saturated carbocycles. The monoisotopic (exact) mass is 230 g/mol. The third-order valence-electron chi connectivity index (χ3n) is 2.28. The Morgan fingerprint density at radius 1 is 1.19 bits per heavy atom. The summed E-state index contributed by atoms with van der Waals surface area (Å²) >= 11 is 0. The number of halogens is 3. The van der Waals surface area contributed by atoms with Crippen molar-refractivity contribution in [3.8, 4) is 0 Å². The highest BCUT2D eigenvalue weighted by Gasteiger charge is 2.29. The van der Waals surface area contributed by atoms with Crippen molar-refractivity contribution in [3.63, 3.8) is 0 Å². The number of alkyl halides is 3. The second kappa shape index (κ2) is 5.14. The summed E-state index contributed by atoms with van der Waals surface area (Å²) in [5.74, 6) is 0.104. The molecule has 16 heavy (non-hydrogen) atoms. The maximum Gasteiger partial charge on any atom is 0.416 e. The molecule has 0 radical (unpaired) electrons. The van der Waals surface area contributed by atoms with Crippen LogP contribution >= 0.6 is 0 Å². The van der Waals surface area contributed by atoms with Crippen LogP contribution in [0.5, 0.6) is 0 Å². The van der Waals surface area contributed by atoms with E-state index in [9.17, 15) is 18.0 Å². The van der Waals surface area contributed by atoms with Crippen LogP contribution in [0.25, 0.3) is 0 Å². The van der Waals surface area contributed by atoms with Crippen LogP contribution in [0.3, 0.4) is 0 Å². The van der Waals surface area contributed by atoms with Gasteiger partial charge in [0.2, 0.25) is 0 Å². The van der Waals surface area contributed by atoms with Crippen molar-refractivity contribution in [1.29, 1.82) is 0 Å². The molecule has 1 aromatic rings. The molecule has 0 aliphatic rings. The van der Waals surface area contributed by atoms with Crippen molar-refractivity contribution < 1.29 is 18.0 Å². The van der Waals surface area contributed by atoms with Crippen molar-refractivity contribution in [2.75, 3.05) is 0 Å². The van der Waals surface area contributed by atoms with Crippen LogP contribution in [0.1, 0.15) is 30.9 Å². The third kappa shape index (κ3) is 4.04.